The van der Waals surface area contributed by atoms with E-state index in [9.17, 15) is 4.79 Å². The second kappa shape index (κ2) is 7.31. The van der Waals surface area contributed by atoms with E-state index < -0.39 is 0 Å². The number of carbonyl (C=O) groups excluding carboxylic acids is 1. The summed E-state index contributed by atoms with van der Waals surface area (Å²) in [6.45, 7) is 5.88. The van der Waals surface area contributed by atoms with Crippen LogP contribution in [0.4, 0.5) is 11.4 Å². The molecule has 0 radical (unpaired) electrons. The first-order valence-corrected chi connectivity index (χ1v) is 7.58. The van der Waals surface area contributed by atoms with Gasteiger partial charge in [0.15, 0.2) is 0 Å². The van der Waals surface area contributed by atoms with Gasteiger partial charge in [-0.15, -0.1) is 0 Å². The first kappa shape index (κ1) is 15.6. The first-order valence-electron chi connectivity index (χ1n) is 7.58. The molecular formula is C16H24N2O3. The molecular weight excluding hydrogens is 268 g/mol. The van der Waals surface area contributed by atoms with E-state index in [4.69, 9.17) is 15.2 Å². The normalized spacial score (nSPS) is 21.2. The van der Waals surface area contributed by atoms with E-state index in [1.165, 1.54) is 0 Å². The van der Waals surface area contributed by atoms with Crippen molar-refractivity contribution in [3.63, 3.8) is 0 Å². The van der Waals surface area contributed by atoms with Crippen molar-refractivity contribution < 1.29 is 14.3 Å². The highest BCUT2D eigenvalue weighted by Crippen LogP contribution is 2.27. The SMILES string of the molecule is CCOC(=O)c1cccc(NCC2CCOC2CC)c1N. The van der Waals surface area contributed by atoms with Crippen molar-refractivity contribution in [3.8, 4) is 0 Å². The van der Waals surface area contributed by atoms with Crippen LogP contribution in [-0.2, 0) is 9.47 Å². The van der Waals surface area contributed by atoms with Crippen LogP contribution >= 0.6 is 0 Å². The van der Waals surface area contributed by atoms with Crippen molar-refractivity contribution in [1.29, 1.82) is 0 Å². The third-order valence-corrected chi connectivity index (χ3v) is 3.90. The van der Waals surface area contributed by atoms with Crippen LogP contribution in [-0.4, -0.2) is 31.8 Å². The third-order valence-electron chi connectivity index (χ3n) is 3.90. The molecule has 1 aromatic rings. The van der Waals surface area contributed by atoms with E-state index in [0.717, 1.165) is 31.7 Å². The molecule has 2 atom stereocenters. The number of nitrogens with two attached hydrogens (primary N) is 1. The summed E-state index contributed by atoms with van der Waals surface area (Å²) in [5.74, 6) is 0.106. The zero-order valence-electron chi connectivity index (χ0n) is 12.7. The molecule has 0 spiro atoms. The Labute approximate surface area is 125 Å². The lowest BCUT2D eigenvalue weighted by Crippen LogP contribution is -2.23. The molecule has 2 unspecified atom stereocenters. The molecule has 21 heavy (non-hydrogen) atoms. The molecule has 0 amide bonds. The quantitative estimate of drug-likeness (QED) is 0.623. The predicted molar refractivity (Wildman–Crippen MR) is 83.4 cm³/mol. The average Bonchev–Trinajstić information content (AvgIpc) is 2.94. The lowest BCUT2D eigenvalue weighted by atomic mass is 9.99. The van der Waals surface area contributed by atoms with Crippen LogP contribution in [0.1, 0.15) is 37.0 Å². The van der Waals surface area contributed by atoms with Gasteiger partial charge in [-0.3, -0.25) is 0 Å². The molecule has 116 valence electrons. The summed E-state index contributed by atoms with van der Waals surface area (Å²) < 4.78 is 10.7. The minimum absolute atomic E-state index is 0.312. The number of benzene rings is 1. The Kier molecular flexibility index (Phi) is 5.44. The number of para-hydroxylation sites is 1. The van der Waals surface area contributed by atoms with Crippen molar-refractivity contribution >= 4 is 17.3 Å². The highest BCUT2D eigenvalue weighted by molar-refractivity contribution is 5.98. The number of hydrogen-bond donors (Lipinski definition) is 2. The van der Waals surface area contributed by atoms with E-state index in [1.54, 1.807) is 13.0 Å². The maximum absolute atomic E-state index is 11.8. The zero-order valence-corrected chi connectivity index (χ0v) is 12.7. The summed E-state index contributed by atoms with van der Waals surface area (Å²) in [6.07, 6.45) is 2.39. The van der Waals surface area contributed by atoms with Gasteiger partial charge in [-0.1, -0.05) is 13.0 Å². The van der Waals surface area contributed by atoms with Gasteiger partial charge in [0.2, 0.25) is 0 Å². The Bertz CT molecular complexity index is 490. The van der Waals surface area contributed by atoms with Crippen LogP contribution in [0.3, 0.4) is 0 Å². The van der Waals surface area contributed by atoms with Crippen LogP contribution in [0.25, 0.3) is 0 Å². The number of esters is 1. The van der Waals surface area contributed by atoms with Crippen LogP contribution in [0.2, 0.25) is 0 Å². The fraction of sp³-hybridized carbons (Fsp3) is 0.562. The van der Waals surface area contributed by atoms with Gasteiger partial charge in [0.25, 0.3) is 0 Å². The van der Waals surface area contributed by atoms with Crippen LogP contribution < -0.4 is 11.1 Å². The fourth-order valence-electron chi connectivity index (χ4n) is 2.72. The minimum atomic E-state index is -0.380. The monoisotopic (exact) mass is 292 g/mol. The molecule has 1 aliphatic heterocycles. The van der Waals surface area contributed by atoms with E-state index in [0.29, 0.717) is 29.9 Å². The second-order valence-corrected chi connectivity index (χ2v) is 5.23. The third kappa shape index (κ3) is 3.67. The van der Waals surface area contributed by atoms with Crippen molar-refractivity contribution in [3.05, 3.63) is 23.8 Å². The van der Waals surface area contributed by atoms with Crippen LogP contribution in [0, 0.1) is 5.92 Å². The summed E-state index contributed by atoms with van der Waals surface area (Å²) in [5.41, 5.74) is 7.71. The molecule has 5 heteroatoms. The molecule has 3 N–H and O–H groups in total. The van der Waals surface area contributed by atoms with Gasteiger partial charge in [-0.2, -0.15) is 0 Å². The average molecular weight is 292 g/mol. The molecule has 0 saturated carbocycles. The number of ether oxygens (including phenoxy) is 2. The molecule has 2 rings (SSSR count). The van der Waals surface area contributed by atoms with Gasteiger partial charge in [-0.25, -0.2) is 4.79 Å². The molecule has 1 aliphatic rings. The van der Waals surface area contributed by atoms with E-state index in [-0.39, 0.29) is 5.97 Å². The van der Waals surface area contributed by atoms with E-state index in [2.05, 4.69) is 12.2 Å². The Morgan fingerprint density at radius 1 is 1.48 bits per heavy atom. The second-order valence-electron chi connectivity index (χ2n) is 5.23. The molecule has 1 heterocycles. The summed E-state index contributed by atoms with van der Waals surface area (Å²) >= 11 is 0. The zero-order chi connectivity index (χ0) is 15.2. The largest absolute Gasteiger partial charge is 0.462 e. The topological polar surface area (TPSA) is 73.6 Å². The molecule has 1 aromatic carbocycles. The van der Waals surface area contributed by atoms with Gasteiger partial charge in [0.1, 0.15) is 0 Å². The maximum Gasteiger partial charge on any atom is 0.340 e. The predicted octanol–water partition coefficient (Wildman–Crippen LogP) is 2.67. The van der Waals surface area contributed by atoms with Gasteiger partial charge < -0.3 is 20.5 Å². The molecule has 0 aliphatic carbocycles. The number of hydrogen-bond acceptors (Lipinski definition) is 5. The highest BCUT2D eigenvalue weighted by Gasteiger charge is 2.26. The van der Waals surface area contributed by atoms with Gasteiger partial charge in [-0.05, 0) is 31.9 Å². The number of rotatable bonds is 6. The lowest BCUT2D eigenvalue weighted by molar-refractivity contribution is 0.0527. The molecule has 1 fully saturated rings. The number of nitrogen functional groups attached to an aromatic ring is 1. The summed E-state index contributed by atoms with van der Waals surface area (Å²) in [6, 6.07) is 5.38. The first-order chi connectivity index (χ1) is 10.2. The van der Waals surface area contributed by atoms with E-state index >= 15 is 0 Å². The fourth-order valence-corrected chi connectivity index (χ4v) is 2.72. The number of carbonyl (C=O) groups is 1. The number of anilines is 2. The standard InChI is InChI=1S/C16H24N2O3/c1-3-14-11(8-9-21-14)10-18-13-7-5-6-12(15(13)17)16(19)20-4-2/h5-7,11,14,18H,3-4,8-10,17H2,1-2H3. The van der Waals surface area contributed by atoms with Crippen LogP contribution in [0.15, 0.2) is 18.2 Å². The van der Waals surface area contributed by atoms with Crippen molar-refractivity contribution in [2.24, 2.45) is 5.92 Å². The van der Waals surface area contributed by atoms with Crippen molar-refractivity contribution in [2.75, 3.05) is 30.8 Å². The summed E-state index contributed by atoms with van der Waals surface area (Å²) in [7, 11) is 0. The number of nitrogens with one attached hydrogen (secondary N) is 1. The van der Waals surface area contributed by atoms with Gasteiger partial charge >= 0.3 is 5.97 Å². The molecule has 0 bridgehead atoms. The lowest BCUT2D eigenvalue weighted by Gasteiger charge is -2.19. The summed E-state index contributed by atoms with van der Waals surface area (Å²) in [5, 5.41) is 3.34. The van der Waals surface area contributed by atoms with Crippen molar-refractivity contribution in [1.82, 2.24) is 0 Å². The maximum atomic E-state index is 11.8. The Morgan fingerprint density at radius 2 is 2.29 bits per heavy atom. The molecule has 1 saturated heterocycles. The Hall–Kier alpha value is -1.75. The Balaban J connectivity index is 2.03. The smallest absolute Gasteiger partial charge is 0.340 e. The van der Waals surface area contributed by atoms with Gasteiger partial charge in [0, 0.05) is 19.1 Å². The summed E-state index contributed by atoms with van der Waals surface area (Å²) in [4.78, 5) is 11.8. The van der Waals surface area contributed by atoms with Crippen molar-refractivity contribution in [2.45, 2.75) is 32.8 Å². The molecule has 0 aromatic heterocycles. The van der Waals surface area contributed by atoms with Gasteiger partial charge in [0.05, 0.1) is 29.6 Å². The molecule has 5 nitrogen and oxygen atoms in total. The van der Waals surface area contributed by atoms with E-state index in [1.807, 2.05) is 12.1 Å². The highest BCUT2D eigenvalue weighted by atomic mass is 16.5. The Morgan fingerprint density at radius 3 is 3.00 bits per heavy atom. The minimum Gasteiger partial charge on any atom is -0.462 e. The van der Waals surface area contributed by atoms with Crippen LogP contribution in [0.5, 0.6) is 0 Å².